The van der Waals surface area contributed by atoms with Crippen molar-refractivity contribution in [1.29, 1.82) is 0 Å². The van der Waals surface area contributed by atoms with Crippen LogP contribution in [0.15, 0.2) is 6.20 Å². The zero-order chi connectivity index (χ0) is 12.4. The van der Waals surface area contributed by atoms with Gasteiger partial charge in [0.2, 0.25) is 5.91 Å². The molecule has 0 spiro atoms. The summed E-state index contributed by atoms with van der Waals surface area (Å²) in [7, 11) is 1.74. The number of aromatic nitrogens is 2. The summed E-state index contributed by atoms with van der Waals surface area (Å²) in [4.78, 5) is 26.9. The summed E-state index contributed by atoms with van der Waals surface area (Å²) in [6, 6.07) is 0. The quantitative estimate of drug-likeness (QED) is 0.675. The van der Waals surface area contributed by atoms with Gasteiger partial charge in [-0.1, -0.05) is 0 Å². The Kier molecular flexibility index (Phi) is 2.99. The Morgan fingerprint density at radius 2 is 2.29 bits per heavy atom. The molecule has 7 heteroatoms. The number of nitrogens with two attached hydrogens (primary N) is 1. The van der Waals surface area contributed by atoms with Crippen LogP contribution in [0.1, 0.15) is 16.9 Å². The highest BCUT2D eigenvalue weighted by molar-refractivity contribution is 5.98. The molecule has 0 aromatic carbocycles. The Balaban J connectivity index is 2.15. The second-order valence-corrected chi connectivity index (χ2v) is 4.10. The summed E-state index contributed by atoms with van der Waals surface area (Å²) in [5, 5.41) is 6.26. The molecular formula is C10H15N5O2. The van der Waals surface area contributed by atoms with Crippen LogP contribution in [0.2, 0.25) is 0 Å². The van der Waals surface area contributed by atoms with Crippen LogP contribution in [0.3, 0.4) is 0 Å². The summed E-state index contributed by atoms with van der Waals surface area (Å²) in [5.41, 5.74) is 6.17. The van der Waals surface area contributed by atoms with E-state index in [0.29, 0.717) is 18.8 Å². The fourth-order valence-corrected chi connectivity index (χ4v) is 1.78. The van der Waals surface area contributed by atoms with Gasteiger partial charge in [-0.15, -0.1) is 0 Å². The zero-order valence-electron chi connectivity index (χ0n) is 9.64. The van der Waals surface area contributed by atoms with E-state index in [1.165, 1.54) is 11.1 Å². The number of rotatable bonds is 1. The van der Waals surface area contributed by atoms with Crippen LogP contribution in [0.5, 0.6) is 0 Å². The van der Waals surface area contributed by atoms with Gasteiger partial charge < -0.3 is 15.5 Å². The van der Waals surface area contributed by atoms with E-state index < -0.39 is 0 Å². The largest absolute Gasteiger partial charge is 0.396 e. The topological polar surface area (TPSA) is 95.3 Å². The Bertz CT molecular complexity index is 442. The number of aromatic amines is 1. The minimum atomic E-state index is -0.274. The summed E-state index contributed by atoms with van der Waals surface area (Å²) >= 11 is 0. The molecule has 1 aliphatic heterocycles. The van der Waals surface area contributed by atoms with Crippen molar-refractivity contribution in [1.82, 2.24) is 20.0 Å². The Morgan fingerprint density at radius 3 is 2.94 bits per heavy atom. The van der Waals surface area contributed by atoms with Crippen LogP contribution < -0.4 is 5.73 Å². The second kappa shape index (κ2) is 4.44. The zero-order valence-corrected chi connectivity index (χ0v) is 9.64. The van der Waals surface area contributed by atoms with E-state index in [1.54, 1.807) is 11.9 Å². The first-order valence-electron chi connectivity index (χ1n) is 5.41. The minimum absolute atomic E-state index is 0.0612. The first-order chi connectivity index (χ1) is 8.09. The lowest BCUT2D eigenvalue weighted by molar-refractivity contribution is -0.129. The van der Waals surface area contributed by atoms with Crippen LogP contribution in [-0.2, 0) is 4.79 Å². The van der Waals surface area contributed by atoms with Gasteiger partial charge in [-0.3, -0.25) is 14.7 Å². The monoisotopic (exact) mass is 237 g/mol. The van der Waals surface area contributed by atoms with Gasteiger partial charge in [0.15, 0.2) is 0 Å². The highest BCUT2D eigenvalue weighted by Crippen LogP contribution is 2.12. The van der Waals surface area contributed by atoms with Crippen molar-refractivity contribution in [2.24, 2.45) is 0 Å². The molecule has 1 fully saturated rings. The molecule has 1 saturated heterocycles. The number of nitrogens with one attached hydrogen (secondary N) is 1. The van der Waals surface area contributed by atoms with E-state index in [9.17, 15) is 9.59 Å². The van der Waals surface area contributed by atoms with Gasteiger partial charge >= 0.3 is 0 Å². The molecule has 1 aromatic rings. The van der Waals surface area contributed by atoms with Crippen molar-refractivity contribution < 1.29 is 9.59 Å². The van der Waals surface area contributed by atoms with Gasteiger partial charge in [0.1, 0.15) is 12.2 Å². The number of hydrogen-bond acceptors (Lipinski definition) is 4. The Labute approximate surface area is 98.6 Å². The van der Waals surface area contributed by atoms with Crippen molar-refractivity contribution in [2.45, 2.75) is 6.42 Å². The fraction of sp³-hybridized carbons (Fsp3) is 0.500. The molecule has 0 unspecified atom stereocenters. The third-order valence-corrected chi connectivity index (χ3v) is 2.84. The molecule has 0 bridgehead atoms. The molecule has 2 rings (SSSR count). The summed E-state index contributed by atoms with van der Waals surface area (Å²) < 4.78 is 0. The highest BCUT2D eigenvalue weighted by Gasteiger charge is 2.25. The molecule has 1 aromatic heterocycles. The van der Waals surface area contributed by atoms with E-state index in [4.69, 9.17) is 5.73 Å². The normalized spacial score (nSPS) is 17.1. The van der Waals surface area contributed by atoms with Crippen LogP contribution in [0.4, 0.5) is 5.69 Å². The fourth-order valence-electron chi connectivity index (χ4n) is 1.78. The molecule has 0 saturated carbocycles. The minimum Gasteiger partial charge on any atom is -0.396 e. The summed E-state index contributed by atoms with van der Waals surface area (Å²) in [6.07, 6.45) is 2.15. The first kappa shape index (κ1) is 11.4. The number of H-pyrrole nitrogens is 1. The van der Waals surface area contributed by atoms with Crippen LogP contribution in [0.25, 0.3) is 0 Å². The summed E-state index contributed by atoms with van der Waals surface area (Å²) in [5.74, 6) is -0.336. The van der Waals surface area contributed by atoms with Crippen molar-refractivity contribution in [3.63, 3.8) is 0 Å². The number of nitrogen functional groups attached to an aromatic ring is 1. The molecule has 7 nitrogen and oxygen atoms in total. The Morgan fingerprint density at radius 1 is 1.53 bits per heavy atom. The Hall–Kier alpha value is -2.05. The van der Waals surface area contributed by atoms with Gasteiger partial charge in [0, 0.05) is 20.1 Å². The number of carbonyl (C=O) groups is 2. The van der Waals surface area contributed by atoms with E-state index >= 15 is 0 Å². The SMILES string of the molecule is CN1CCCN(C(=O)c2[nH]ncc2N)CC1=O. The standard InChI is InChI=1S/C10H15N5O2/c1-14-3-2-4-15(6-8(14)16)10(17)9-7(11)5-12-13-9/h5H,2-4,6,11H2,1H3,(H,12,13). The van der Waals surface area contributed by atoms with E-state index in [0.717, 1.165) is 6.42 Å². The lowest BCUT2D eigenvalue weighted by atomic mass is 10.3. The number of amides is 2. The van der Waals surface area contributed by atoms with Crippen molar-refractivity contribution >= 4 is 17.5 Å². The second-order valence-electron chi connectivity index (χ2n) is 4.10. The summed E-state index contributed by atoms with van der Waals surface area (Å²) in [6.45, 7) is 1.31. The lowest BCUT2D eigenvalue weighted by Gasteiger charge is -2.19. The van der Waals surface area contributed by atoms with Gasteiger partial charge in [-0.2, -0.15) is 5.10 Å². The number of carbonyl (C=O) groups excluding carboxylic acids is 2. The molecule has 17 heavy (non-hydrogen) atoms. The van der Waals surface area contributed by atoms with Crippen LogP contribution in [-0.4, -0.2) is 58.5 Å². The molecule has 3 N–H and O–H groups in total. The number of likely N-dealkylation sites (N-methyl/N-ethyl adjacent to an activating group) is 1. The van der Waals surface area contributed by atoms with E-state index in [2.05, 4.69) is 10.2 Å². The maximum absolute atomic E-state index is 12.1. The van der Waals surface area contributed by atoms with Gasteiger partial charge in [0.25, 0.3) is 5.91 Å². The third-order valence-electron chi connectivity index (χ3n) is 2.84. The number of nitrogens with zero attached hydrogens (tertiary/aromatic N) is 3. The average molecular weight is 237 g/mol. The first-order valence-corrected chi connectivity index (χ1v) is 5.41. The smallest absolute Gasteiger partial charge is 0.274 e. The average Bonchev–Trinajstić information content (AvgIpc) is 2.65. The van der Waals surface area contributed by atoms with Gasteiger partial charge in [-0.25, -0.2) is 0 Å². The van der Waals surface area contributed by atoms with Crippen LogP contribution in [0, 0.1) is 0 Å². The molecule has 0 aliphatic carbocycles. The predicted octanol–water partition coefficient (Wildman–Crippen LogP) is -0.704. The van der Waals surface area contributed by atoms with Crippen LogP contribution >= 0.6 is 0 Å². The molecule has 1 aliphatic rings. The molecule has 0 radical (unpaired) electrons. The molecule has 2 heterocycles. The van der Waals surface area contributed by atoms with Crippen molar-refractivity contribution in [3.8, 4) is 0 Å². The molecule has 0 atom stereocenters. The predicted molar refractivity (Wildman–Crippen MR) is 61.2 cm³/mol. The van der Waals surface area contributed by atoms with Gasteiger partial charge in [-0.05, 0) is 6.42 Å². The number of anilines is 1. The van der Waals surface area contributed by atoms with E-state index in [-0.39, 0.29) is 24.1 Å². The molecule has 92 valence electrons. The molecular weight excluding hydrogens is 222 g/mol. The maximum atomic E-state index is 12.1. The van der Waals surface area contributed by atoms with Crippen molar-refractivity contribution in [2.75, 3.05) is 32.4 Å². The van der Waals surface area contributed by atoms with Crippen molar-refractivity contribution in [3.05, 3.63) is 11.9 Å². The lowest BCUT2D eigenvalue weighted by Crippen LogP contribution is -2.38. The number of hydrogen-bond donors (Lipinski definition) is 2. The third kappa shape index (κ3) is 2.22. The highest BCUT2D eigenvalue weighted by atomic mass is 16.2. The van der Waals surface area contributed by atoms with E-state index in [1.807, 2.05) is 0 Å². The van der Waals surface area contributed by atoms with Gasteiger partial charge in [0.05, 0.1) is 11.9 Å². The maximum Gasteiger partial charge on any atom is 0.274 e. The molecule has 2 amide bonds.